The zero-order chi connectivity index (χ0) is 32.8. The molecule has 1 N–H and O–H groups in total. The number of benzene rings is 2. The molecule has 4 heterocycles. The van der Waals surface area contributed by atoms with E-state index in [2.05, 4.69) is 66.3 Å². The van der Waals surface area contributed by atoms with Gasteiger partial charge in [0.1, 0.15) is 0 Å². The predicted molar refractivity (Wildman–Crippen MR) is 188 cm³/mol. The highest BCUT2D eigenvalue weighted by Gasteiger charge is 2.36. The number of aliphatic carboxylic acids is 1. The zero-order valence-corrected chi connectivity index (χ0v) is 29.0. The quantitative estimate of drug-likeness (QED) is 0.217. The molecular formula is C38H46N4O3S. The van der Waals surface area contributed by atoms with Gasteiger partial charge in [-0.05, 0) is 76.0 Å². The summed E-state index contributed by atoms with van der Waals surface area (Å²) in [5, 5.41) is 13.7. The van der Waals surface area contributed by atoms with Gasteiger partial charge in [0.15, 0.2) is 11.2 Å². The first-order valence-corrected chi connectivity index (χ1v) is 17.2. The van der Waals surface area contributed by atoms with E-state index in [1.165, 1.54) is 11.1 Å². The number of carbonyl (C=O) groups is 1. The Morgan fingerprint density at radius 3 is 2.33 bits per heavy atom. The van der Waals surface area contributed by atoms with Crippen molar-refractivity contribution in [1.29, 1.82) is 0 Å². The molecule has 0 aliphatic carbocycles. The van der Waals surface area contributed by atoms with E-state index < -0.39 is 17.7 Å². The second-order valence-corrected chi connectivity index (χ2v) is 15.4. The van der Waals surface area contributed by atoms with E-state index >= 15 is 0 Å². The number of thiazole rings is 1. The van der Waals surface area contributed by atoms with Crippen molar-refractivity contribution in [2.24, 2.45) is 5.41 Å². The van der Waals surface area contributed by atoms with E-state index in [0.717, 1.165) is 84.3 Å². The van der Waals surface area contributed by atoms with Gasteiger partial charge in [-0.2, -0.15) is 0 Å². The maximum Gasteiger partial charge on any atom is 0.337 e. The van der Waals surface area contributed by atoms with E-state index in [1.807, 2.05) is 45.9 Å². The molecule has 0 saturated carbocycles. The Hall–Kier alpha value is -3.75. The molecule has 46 heavy (non-hydrogen) atoms. The van der Waals surface area contributed by atoms with E-state index in [-0.39, 0.29) is 5.41 Å². The minimum atomic E-state index is -1.12. The summed E-state index contributed by atoms with van der Waals surface area (Å²) in [6.07, 6.45) is 1.86. The van der Waals surface area contributed by atoms with Gasteiger partial charge in [-0.1, -0.05) is 62.4 Å². The van der Waals surface area contributed by atoms with Gasteiger partial charge in [0.25, 0.3) is 0 Å². The Labute approximate surface area is 277 Å². The zero-order valence-electron chi connectivity index (χ0n) is 28.2. The molecule has 242 valence electrons. The third-order valence-corrected chi connectivity index (χ3v) is 10.2. The summed E-state index contributed by atoms with van der Waals surface area (Å²) in [5.41, 5.74) is 9.74. The van der Waals surface area contributed by atoms with E-state index in [9.17, 15) is 9.90 Å². The molecule has 0 amide bonds. The van der Waals surface area contributed by atoms with Crippen LogP contribution in [0.15, 0.2) is 53.9 Å². The predicted octanol–water partition coefficient (Wildman–Crippen LogP) is 8.62. The molecule has 7 nitrogen and oxygen atoms in total. The summed E-state index contributed by atoms with van der Waals surface area (Å²) in [5.74, 6) is -0.989. The molecule has 2 aliphatic heterocycles. The molecule has 4 aromatic rings. The van der Waals surface area contributed by atoms with Crippen molar-refractivity contribution in [2.75, 3.05) is 29.4 Å². The van der Waals surface area contributed by atoms with Crippen LogP contribution < -0.4 is 9.80 Å². The summed E-state index contributed by atoms with van der Waals surface area (Å²) in [4.78, 5) is 27.6. The van der Waals surface area contributed by atoms with E-state index in [4.69, 9.17) is 14.7 Å². The number of rotatable bonds is 7. The molecule has 2 aromatic carbocycles. The second kappa shape index (κ2) is 12.5. The minimum absolute atomic E-state index is 0.249. The van der Waals surface area contributed by atoms with Gasteiger partial charge >= 0.3 is 5.97 Å². The van der Waals surface area contributed by atoms with Crippen LogP contribution in [0.4, 0.5) is 10.8 Å². The smallest absolute Gasteiger partial charge is 0.337 e. The van der Waals surface area contributed by atoms with Crippen LogP contribution in [0.3, 0.4) is 0 Å². The molecule has 1 saturated heterocycles. The van der Waals surface area contributed by atoms with Gasteiger partial charge in [0.05, 0.1) is 17.0 Å². The number of piperidine rings is 1. The van der Waals surface area contributed by atoms with Gasteiger partial charge in [-0.3, -0.25) is 4.98 Å². The molecule has 6 rings (SSSR count). The first-order valence-electron chi connectivity index (χ1n) is 16.3. The van der Waals surface area contributed by atoms with Crippen molar-refractivity contribution < 1.29 is 14.6 Å². The minimum Gasteiger partial charge on any atom is -0.479 e. The maximum atomic E-state index is 12.8. The van der Waals surface area contributed by atoms with Crippen LogP contribution in [0.2, 0.25) is 0 Å². The highest BCUT2D eigenvalue weighted by molar-refractivity contribution is 7.14. The number of nitrogens with zero attached hydrogens (tertiary/aromatic N) is 4. The van der Waals surface area contributed by atoms with Gasteiger partial charge in [0, 0.05) is 59.6 Å². The average Bonchev–Trinajstić information content (AvgIpc) is 3.50. The fourth-order valence-electron chi connectivity index (χ4n) is 6.78. The normalized spacial score (nSPS) is 17.1. The van der Waals surface area contributed by atoms with Crippen LogP contribution >= 0.6 is 11.3 Å². The largest absolute Gasteiger partial charge is 0.479 e. The molecule has 0 radical (unpaired) electrons. The summed E-state index contributed by atoms with van der Waals surface area (Å²) >= 11 is 1.70. The molecular weight excluding hydrogens is 593 g/mol. The molecule has 1 atom stereocenters. The first kappa shape index (κ1) is 32.2. The summed E-state index contributed by atoms with van der Waals surface area (Å²) in [6, 6.07) is 17.1. The Kier molecular flexibility index (Phi) is 8.72. The van der Waals surface area contributed by atoms with Crippen LogP contribution in [0, 0.1) is 19.3 Å². The topological polar surface area (TPSA) is 78.8 Å². The van der Waals surface area contributed by atoms with E-state index in [1.54, 1.807) is 11.3 Å². The number of fused-ring (bicyclic) bond motifs is 1. The van der Waals surface area contributed by atoms with Crippen molar-refractivity contribution in [3.05, 3.63) is 82.0 Å². The van der Waals surface area contributed by atoms with Crippen molar-refractivity contribution in [1.82, 2.24) is 9.97 Å². The third kappa shape index (κ3) is 6.69. The van der Waals surface area contributed by atoms with E-state index in [0.29, 0.717) is 11.3 Å². The van der Waals surface area contributed by atoms with Gasteiger partial charge in [0.2, 0.25) is 0 Å². The number of carboxylic acid groups (broad SMARTS) is 1. The summed E-state index contributed by atoms with van der Waals surface area (Å²) < 4.78 is 6.27. The van der Waals surface area contributed by atoms with Crippen molar-refractivity contribution in [3.8, 4) is 22.4 Å². The maximum absolute atomic E-state index is 12.8. The van der Waals surface area contributed by atoms with Crippen molar-refractivity contribution >= 4 is 28.1 Å². The Bertz CT molecular complexity index is 1730. The number of anilines is 2. The van der Waals surface area contributed by atoms with Gasteiger partial charge in [-0.25, -0.2) is 9.78 Å². The fraction of sp³-hybridized carbons (Fsp3) is 0.447. The molecule has 2 aliphatic rings. The monoisotopic (exact) mass is 638 g/mol. The fourth-order valence-corrected chi connectivity index (χ4v) is 7.64. The lowest BCUT2D eigenvalue weighted by Gasteiger charge is -2.41. The lowest BCUT2D eigenvalue weighted by Crippen LogP contribution is -2.39. The summed E-state index contributed by atoms with van der Waals surface area (Å²) in [7, 11) is 0. The first-order chi connectivity index (χ1) is 21.8. The molecule has 0 unspecified atom stereocenters. The average molecular weight is 639 g/mol. The van der Waals surface area contributed by atoms with Crippen LogP contribution in [0.5, 0.6) is 0 Å². The Morgan fingerprint density at radius 2 is 1.65 bits per heavy atom. The highest BCUT2D eigenvalue weighted by atomic mass is 32.1. The third-order valence-electron chi connectivity index (χ3n) is 9.31. The molecule has 0 spiro atoms. The molecule has 2 aromatic heterocycles. The van der Waals surface area contributed by atoms with Crippen LogP contribution in [-0.4, -0.2) is 46.3 Å². The number of aryl methyl sites for hydroxylation is 2. The number of ether oxygens (including phenoxy) is 1. The Morgan fingerprint density at radius 1 is 0.935 bits per heavy atom. The van der Waals surface area contributed by atoms with Crippen LogP contribution in [0.25, 0.3) is 22.4 Å². The van der Waals surface area contributed by atoms with Gasteiger partial charge in [-0.15, -0.1) is 11.3 Å². The van der Waals surface area contributed by atoms with Crippen LogP contribution in [0.1, 0.15) is 81.6 Å². The number of hydrogen-bond donors (Lipinski definition) is 1. The highest BCUT2D eigenvalue weighted by Crippen LogP contribution is 2.45. The lowest BCUT2D eigenvalue weighted by molar-refractivity contribution is -0.160. The SMILES string of the molecule is Cc1nc(C)c([C@H](OC(C)(C)C)C(=O)O)c(N2CCC(C)(C)CC2)c1-c1ccc2c(c1)CCN(c1nc(-c3ccccc3)cs1)C2. The molecule has 8 heteroatoms. The molecule has 0 bridgehead atoms. The number of aromatic nitrogens is 2. The summed E-state index contributed by atoms with van der Waals surface area (Å²) in [6.45, 7) is 17.8. The Balaban J connectivity index is 1.39. The van der Waals surface area contributed by atoms with Crippen molar-refractivity contribution in [2.45, 2.75) is 86.0 Å². The number of hydrogen-bond acceptors (Lipinski definition) is 7. The number of carboxylic acids is 1. The second-order valence-electron chi connectivity index (χ2n) is 14.6. The van der Waals surface area contributed by atoms with Gasteiger partial charge < -0.3 is 19.6 Å². The van der Waals surface area contributed by atoms with Crippen molar-refractivity contribution in [3.63, 3.8) is 0 Å². The standard InChI is InChI=1S/C38H46N4O3S/c1-24-31(33(41-19-16-38(6,7)17-20-41)32(25(2)39-24)34(35(43)44)45-37(3,4)5)28-13-14-29-22-42(18-15-27(29)21-28)36-40-30(23-46-36)26-11-9-8-10-12-26/h8-14,21,23,34H,15-20,22H2,1-7H3,(H,43,44)/t34-/m0/s1. The molecule has 1 fully saturated rings. The number of pyridine rings is 1. The lowest BCUT2D eigenvalue weighted by atomic mass is 9.81. The van der Waals surface area contributed by atoms with Crippen LogP contribution in [-0.2, 0) is 22.5 Å².